The first-order valence-electron chi connectivity index (χ1n) is 6.98. The minimum Gasteiger partial charge on any atom is -0.356 e. The molecule has 2 N–H and O–H groups in total. The lowest BCUT2D eigenvalue weighted by atomic mass is 10.0. The van der Waals surface area contributed by atoms with Crippen molar-refractivity contribution in [1.29, 1.82) is 0 Å². The topological polar surface area (TPSA) is 36.4 Å². The molecule has 0 bridgehead atoms. The van der Waals surface area contributed by atoms with E-state index < -0.39 is 11.6 Å². The van der Waals surface area contributed by atoms with Crippen LogP contribution in [0.5, 0.6) is 0 Å². The van der Waals surface area contributed by atoms with Crippen LogP contribution in [0, 0.1) is 11.6 Å². The molecule has 6 heteroatoms. The number of unbranched alkanes of at least 4 members (excludes halogenated alkanes) is 1. The van der Waals surface area contributed by atoms with Crippen LogP contribution in [-0.2, 0) is 0 Å². The molecular weight excluding hydrogens is 387 g/mol. The number of hydrogen-bond donors (Lipinski definition) is 2. The fourth-order valence-electron chi connectivity index (χ4n) is 1.79. The van der Waals surface area contributed by atoms with Gasteiger partial charge in [0.25, 0.3) is 0 Å². The van der Waals surface area contributed by atoms with Crippen molar-refractivity contribution in [3.8, 4) is 0 Å². The molecule has 0 saturated carbocycles. The quantitative estimate of drug-likeness (QED) is 0.325. The van der Waals surface area contributed by atoms with Crippen molar-refractivity contribution >= 4 is 29.9 Å². The Labute approximate surface area is 142 Å². The zero-order valence-corrected chi connectivity index (χ0v) is 15.1. The van der Waals surface area contributed by atoms with Crippen LogP contribution in [0.1, 0.15) is 38.2 Å². The summed E-state index contributed by atoms with van der Waals surface area (Å²) in [6, 6.07) is 4.02. The molecule has 3 nitrogen and oxygen atoms in total. The second kappa shape index (κ2) is 10.8. The highest BCUT2D eigenvalue weighted by Crippen LogP contribution is 2.17. The summed E-state index contributed by atoms with van der Waals surface area (Å²) in [7, 11) is 1.71. The fourth-order valence-corrected chi connectivity index (χ4v) is 1.79. The number of hydrogen-bond acceptors (Lipinski definition) is 1. The molecular formula is C15H24F2IN3. The van der Waals surface area contributed by atoms with Gasteiger partial charge in [0.1, 0.15) is 0 Å². The van der Waals surface area contributed by atoms with Crippen LogP contribution in [0.3, 0.4) is 0 Å². The maximum atomic E-state index is 13.2. The number of nitrogens with one attached hydrogen (secondary N) is 2. The van der Waals surface area contributed by atoms with Crippen molar-refractivity contribution in [3.63, 3.8) is 0 Å². The standard InChI is InChI=1S/C15H23F2N3.HI/c1-4-5-8-19-15(18-3)20-10-11(2)12-6-7-13(16)14(17)9-12;/h6-7,9,11H,4-5,8,10H2,1-3H3,(H2,18,19,20);1H. The van der Waals surface area contributed by atoms with Crippen LogP contribution < -0.4 is 10.6 Å². The molecule has 0 aliphatic heterocycles. The Hall–Kier alpha value is -0.920. The zero-order chi connectivity index (χ0) is 15.0. The second-order valence-corrected chi connectivity index (χ2v) is 4.81. The number of nitrogens with zero attached hydrogens (tertiary/aromatic N) is 1. The molecule has 1 aromatic rings. The first kappa shape index (κ1) is 20.1. The van der Waals surface area contributed by atoms with Crippen LogP contribution in [0.4, 0.5) is 8.78 Å². The molecule has 1 rings (SSSR count). The van der Waals surface area contributed by atoms with Gasteiger partial charge in [-0.3, -0.25) is 4.99 Å². The summed E-state index contributed by atoms with van der Waals surface area (Å²) in [5.41, 5.74) is 0.764. The van der Waals surface area contributed by atoms with Gasteiger partial charge in [-0.25, -0.2) is 8.78 Å². The highest BCUT2D eigenvalue weighted by molar-refractivity contribution is 14.0. The van der Waals surface area contributed by atoms with Gasteiger partial charge in [0.2, 0.25) is 0 Å². The summed E-state index contributed by atoms with van der Waals surface area (Å²) < 4.78 is 26.1. The van der Waals surface area contributed by atoms with Crippen LogP contribution >= 0.6 is 24.0 Å². The maximum Gasteiger partial charge on any atom is 0.190 e. The van der Waals surface area contributed by atoms with E-state index in [2.05, 4.69) is 22.5 Å². The summed E-state index contributed by atoms with van der Waals surface area (Å²) in [6.45, 7) is 5.56. The average molecular weight is 411 g/mol. The molecule has 1 atom stereocenters. The second-order valence-electron chi connectivity index (χ2n) is 4.81. The van der Waals surface area contributed by atoms with Gasteiger partial charge in [-0.15, -0.1) is 24.0 Å². The lowest BCUT2D eigenvalue weighted by molar-refractivity contribution is 0.505. The summed E-state index contributed by atoms with van der Waals surface area (Å²) in [6.07, 6.45) is 2.20. The van der Waals surface area contributed by atoms with E-state index in [1.165, 1.54) is 6.07 Å². The molecule has 0 aromatic heterocycles. The van der Waals surface area contributed by atoms with Crippen LogP contribution in [0.15, 0.2) is 23.2 Å². The minimum absolute atomic E-state index is 0. The van der Waals surface area contributed by atoms with Gasteiger partial charge >= 0.3 is 0 Å². The average Bonchev–Trinajstić information content (AvgIpc) is 2.45. The van der Waals surface area contributed by atoms with E-state index in [9.17, 15) is 8.78 Å². The Bertz CT molecular complexity index is 453. The normalized spacial score (nSPS) is 12.5. The first-order chi connectivity index (χ1) is 9.58. The van der Waals surface area contributed by atoms with Gasteiger partial charge in [-0.2, -0.15) is 0 Å². The van der Waals surface area contributed by atoms with Crippen molar-refractivity contribution < 1.29 is 8.78 Å². The molecule has 0 spiro atoms. The molecule has 1 aromatic carbocycles. The van der Waals surface area contributed by atoms with E-state index in [1.807, 2.05) is 6.92 Å². The summed E-state index contributed by atoms with van der Waals surface area (Å²) in [5.74, 6) is -0.825. The summed E-state index contributed by atoms with van der Waals surface area (Å²) >= 11 is 0. The Kier molecular flexibility index (Phi) is 10.3. The van der Waals surface area contributed by atoms with Gasteiger partial charge in [-0.05, 0) is 30.0 Å². The SMILES string of the molecule is CCCCNC(=NC)NCC(C)c1ccc(F)c(F)c1.I. The lowest BCUT2D eigenvalue weighted by Gasteiger charge is -2.16. The van der Waals surface area contributed by atoms with Crippen molar-refractivity contribution in [2.45, 2.75) is 32.6 Å². The van der Waals surface area contributed by atoms with E-state index in [4.69, 9.17) is 0 Å². The number of benzene rings is 1. The third kappa shape index (κ3) is 7.06. The van der Waals surface area contributed by atoms with Gasteiger partial charge in [0.15, 0.2) is 17.6 Å². The van der Waals surface area contributed by atoms with Crippen LogP contribution in [0.25, 0.3) is 0 Å². The van der Waals surface area contributed by atoms with E-state index in [0.29, 0.717) is 6.54 Å². The fraction of sp³-hybridized carbons (Fsp3) is 0.533. The van der Waals surface area contributed by atoms with Crippen molar-refractivity contribution in [2.75, 3.05) is 20.1 Å². The predicted molar refractivity (Wildman–Crippen MR) is 94.5 cm³/mol. The molecule has 0 amide bonds. The number of guanidine groups is 1. The van der Waals surface area contributed by atoms with Crippen molar-refractivity contribution in [3.05, 3.63) is 35.4 Å². The van der Waals surface area contributed by atoms with E-state index >= 15 is 0 Å². The molecule has 0 aliphatic carbocycles. The number of rotatable bonds is 6. The molecule has 0 heterocycles. The third-order valence-electron chi connectivity index (χ3n) is 3.13. The first-order valence-corrected chi connectivity index (χ1v) is 6.98. The summed E-state index contributed by atoms with van der Waals surface area (Å²) in [5, 5.41) is 6.39. The molecule has 0 fully saturated rings. The van der Waals surface area contributed by atoms with Gasteiger partial charge in [0, 0.05) is 20.1 Å². The molecule has 0 radical (unpaired) electrons. The zero-order valence-electron chi connectivity index (χ0n) is 12.7. The molecule has 1 unspecified atom stereocenters. The van der Waals surface area contributed by atoms with Crippen molar-refractivity contribution in [1.82, 2.24) is 10.6 Å². The lowest BCUT2D eigenvalue weighted by Crippen LogP contribution is -2.39. The third-order valence-corrected chi connectivity index (χ3v) is 3.13. The highest BCUT2D eigenvalue weighted by Gasteiger charge is 2.09. The Balaban J connectivity index is 0.00000400. The Morgan fingerprint density at radius 3 is 2.52 bits per heavy atom. The van der Waals surface area contributed by atoms with Crippen LogP contribution in [0.2, 0.25) is 0 Å². The number of halogens is 3. The summed E-state index contributed by atoms with van der Waals surface area (Å²) in [4.78, 5) is 4.12. The highest BCUT2D eigenvalue weighted by atomic mass is 127. The van der Waals surface area contributed by atoms with Gasteiger partial charge in [0.05, 0.1) is 0 Å². The van der Waals surface area contributed by atoms with Crippen LogP contribution in [-0.4, -0.2) is 26.1 Å². The monoisotopic (exact) mass is 411 g/mol. The maximum absolute atomic E-state index is 13.2. The van der Waals surface area contributed by atoms with Gasteiger partial charge in [-0.1, -0.05) is 26.3 Å². The minimum atomic E-state index is -0.814. The van der Waals surface area contributed by atoms with Gasteiger partial charge < -0.3 is 10.6 Å². The van der Waals surface area contributed by atoms with Crippen molar-refractivity contribution in [2.24, 2.45) is 4.99 Å². The molecule has 0 saturated heterocycles. The molecule has 120 valence electrons. The Morgan fingerprint density at radius 1 is 1.24 bits per heavy atom. The molecule has 0 aliphatic rings. The van der Waals surface area contributed by atoms with E-state index in [-0.39, 0.29) is 29.9 Å². The smallest absolute Gasteiger partial charge is 0.190 e. The number of aliphatic imine (C=N–C) groups is 1. The predicted octanol–water partition coefficient (Wildman–Crippen LogP) is 3.65. The molecule has 21 heavy (non-hydrogen) atoms. The Morgan fingerprint density at radius 2 is 1.95 bits per heavy atom. The largest absolute Gasteiger partial charge is 0.356 e. The van der Waals surface area contributed by atoms with E-state index in [0.717, 1.165) is 37.0 Å². The van der Waals surface area contributed by atoms with E-state index in [1.54, 1.807) is 13.1 Å².